The molecule has 0 aromatic carbocycles. The summed E-state index contributed by atoms with van der Waals surface area (Å²) in [6, 6.07) is 0. The second kappa shape index (κ2) is 4.16. The first-order chi connectivity index (χ1) is 3.31. The van der Waals surface area contributed by atoms with E-state index < -0.39 is 6.10 Å². The van der Waals surface area contributed by atoms with Crippen LogP contribution < -0.4 is 0 Å². The molecule has 0 radical (unpaired) electrons. The van der Waals surface area contributed by atoms with Gasteiger partial charge in [0.25, 0.3) is 0 Å². The third-order valence-corrected chi connectivity index (χ3v) is 0.973. The molecule has 0 aliphatic rings. The maximum atomic E-state index is 8.65. The Balaban J connectivity index is 2.98. The molecule has 0 rings (SSSR count). The summed E-state index contributed by atoms with van der Waals surface area (Å²) in [5, 5.41) is 8.65. The number of aliphatic hydroxyl groups excluding tert-OH is 1. The predicted molar refractivity (Wildman–Crippen MR) is 31.5 cm³/mol. The summed E-state index contributed by atoms with van der Waals surface area (Å²) in [4.78, 5) is 0. The van der Waals surface area contributed by atoms with Gasteiger partial charge in [-0.2, -0.15) is 0 Å². The lowest BCUT2D eigenvalue weighted by molar-refractivity contribution is 0.202. The minimum absolute atomic E-state index is 0.298. The van der Waals surface area contributed by atoms with Crippen molar-refractivity contribution in [3.8, 4) is 0 Å². The lowest BCUT2D eigenvalue weighted by Gasteiger charge is -1.97. The molecule has 0 saturated carbocycles. The van der Waals surface area contributed by atoms with Gasteiger partial charge in [0.2, 0.25) is 0 Å². The molecular weight excluding hydrogens is 112 g/mol. The van der Waals surface area contributed by atoms with Crippen molar-refractivity contribution >= 4 is 11.6 Å². The average Bonchev–Trinajstić information content (AvgIpc) is 1.68. The summed E-state index contributed by atoms with van der Waals surface area (Å²) in [6.45, 7) is 3.43. The van der Waals surface area contributed by atoms with E-state index in [9.17, 15) is 0 Å². The minimum atomic E-state index is -0.404. The van der Waals surface area contributed by atoms with Crippen molar-refractivity contribution in [1.29, 1.82) is 0 Å². The zero-order valence-electron chi connectivity index (χ0n) is 4.10. The molecule has 7 heavy (non-hydrogen) atoms. The summed E-state index contributed by atoms with van der Waals surface area (Å²) in [7, 11) is 0. The van der Waals surface area contributed by atoms with Crippen LogP contribution in [-0.4, -0.2) is 17.1 Å². The van der Waals surface area contributed by atoms with Crippen molar-refractivity contribution in [2.24, 2.45) is 0 Å². The monoisotopic (exact) mass is 120 g/mol. The van der Waals surface area contributed by atoms with E-state index in [-0.39, 0.29) is 0 Å². The van der Waals surface area contributed by atoms with Crippen LogP contribution in [0.3, 0.4) is 0 Å². The highest BCUT2D eigenvalue weighted by atomic mass is 35.5. The molecule has 0 aromatic rings. The van der Waals surface area contributed by atoms with E-state index in [4.69, 9.17) is 16.7 Å². The van der Waals surface area contributed by atoms with Gasteiger partial charge in [-0.3, -0.25) is 0 Å². The van der Waals surface area contributed by atoms with Crippen molar-refractivity contribution in [3.05, 3.63) is 12.7 Å². The van der Waals surface area contributed by atoms with Gasteiger partial charge in [0.1, 0.15) is 0 Å². The molecule has 0 fully saturated rings. The van der Waals surface area contributed by atoms with Crippen molar-refractivity contribution < 1.29 is 5.11 Å². The van der Waals surface area contributed by atoms with Crippen LogP contribution in [0.4, 0.5) is 0 Å². The van der Waals surface area contributed by atoms with Gasteiger partial charge in [0.15, 0.2) is 0 Å². The number of rotatable bonds is 3. The SMILES string of the molecule is C=CCC(O)CCl. The Morgan fingerprint density at radius 3 is 2.57 bits per heavy atom. The van der Waals surface area contributed by atoms with Crippen molar-refractivity contribution in [1.82, 2.24) is 0 Å². The number of hydrogen-bond donors (Lipinski definition) is 1. The Morgan fingerprint density at radius 2 is 2.43 bits per heavy atom. The molecule has 0 spiro atoms. The van der Waals surface area contributed by atoms with E-state index >= 15 is 0 Å². The fourth-order valence-electron chi connectivity index (χ4n) is 0.255. The van der Waals surface area contributed by atoms with Crippen LogP contribution in [0.1, 0.15) is 6.42 Å². The second-order valence-corrected chi connectivity index (χ2v) is 1.64. The van der Waals surface area contributed by atoms with Gasteiger partial charge >= 0.3 is 0 Å². The molecule has 1 unspecified atom stereocenters. The molecule has 2 heteroatoms. The molecule has 0 bridgehead atoms. The summed E-state index contributed by atoms with van der Waals surface area (Å²) in [5.41, 5.74) is 0. The normalized spacial score (nSPS) is 13.4. The maximum absolute atomic E-state index is 8.65. The van der Waals surface area contributed by atoms with Gasteiger partial charge < -0.3 is 5.11 Å². The molecular formula is C5H9ClO. The topological polar surface area (TPSA) is 20.2 Å². The van der Waals surface area contributed by atoms with Gasteiger partial charge in [-0.25, -0.2) is 0 Å². The van der Waals surface area contributed by atoms with Crippen LogP contribution in [0.15, 0.2) is 12.7 Å². The van der Waals surface area contributed by atoms with Crippen molar-refractivity contribution in [3.63, 3.8) is 0 Å². The minimum Gasteiger partial charge on any atom is -0.392 e. The third kappa shape index (κ3) is 3.83. The highest BCUT2D eigenvalue weighted by Gasteiger charge is 1.94. The first-order valence-corrected chi connectivity index (χ1v) is 2.69. The van der Waals surface area contributed by atoms with Crippen molar-refractivity contribution in [2.75, 3.05) is 5.88 Å². The van der Waals surface area contributed by atoms with E-state index in [2.05, 4.69) is 6.58 Å². The average molecular weight is 121 g/mol. The van der Waals surface area contributed by atoms with Gasteiger partial charge in [0.05, 0.1) is 6.10 Å². The quantitative estimate of drug-likeness (QED) is 0.438. The van der Waals surface area contributed by atoms with Crippen LogP contribution in [0.25, 0.3) is 0 Å². The highest BCUT2D eigenvalue weighted by molar-refractivity contribution is 6.18. The molecule has 1 N–H and O–H groups in total. The lowest BCUT2D eigenvalue weighted by Crippen LogP contribution is -2.04. The van der Waals surface area contributed by atoms with Gasteiger partial charge in [0, 0.05) is 5.88 Å². The Labute approximate surface area is 48.6 Å². The largest absolute Gasteiger partial charge is 0.392 e. The van der Waals surface area contributed by atoms with Crippen LogP contribution in [0.5, 0.6) is 0 Å². The molecule has 0 heterocycles. The summed E-state index contributed by atoms with van der Waals surface area (Å²) in [6.07, 6.45) is 1.83. The first kappa shape index (κ1) is 6.99. The third-order valence-electron chi connectivity index (χ3n) is 0.617. The first-order valence-electron chi connectivity index (χ1n) is 2.16. The number of hydrogen-bond acceptors (Lipinski definition) is 1. The Hall–Kier alpha value is -0.0100. The zero-order chi connectivity index (χ0) is 5.70. The zero-order valence-corrected chi connectivity index (χ0v) is 4.86. The fraction of sp³-hybridized carbons (Fsp3) is 0.600. The van der Waals surface area contributed by atoms with Crippen molar-refractivity contribution in [2.45, 2.75) is 12.5 Å². The summed E-state index contributed by atoms with van der Waals surface area (Å²) < 4.78 is 0. The van der Waals surface area contributed by atoms with E-state index in [1.54, 1.807) is 6.08 Å². The van der Waals surface area contributed by atoms with E-state index in [0.717, 1.165) is 0 Å². The molecule has 0 aliphatic heterocycles. The lowest BCUT2D eigenvalue weighted by atomic mass is 10.3. The van der Waals surface area contributed by atoms with E-state index in [1.807, 2.05) is 0 Å². The molecule has 0 aliphatic carbocycles. The smallest absolute Gasteiger partial charge is 0.0709 e. The number of aliphatic hydroxyl groups is 1. The Kier molecular flexibility index (Phi) is 4.15. The molecule has 0 aromatic heterocycles. The summed E-state index contributed by atoms with van der Waals surface area (Å²) in [5.74, 6) is 0.298. The van der Waals surface area contributed by atoms with Crippen LogP contribution in [0.2, 0.25) is 0 Å². The Bertz CT molecular complexity index is 54.0. The Morgan fingerprint density at radius 1 is 1.86 bits per heavy atom. The van der Waals surface area contributed by atoms with Gasteiger partial charge in [-0.1, -0.05) is 6.08 Å². The number of halogens is 1. The van der Waals surface area contributed by atoms with Crippen LogP contribution in [-0.2, 0) is 0 Å². The fourth-order valence-corrected chi connectivity index (χ4v) is 0.381. The van der Waals surface area contributed by atoms with Gasteiger partial charge in [-0.15, -0.1) is 18.2 Å². The predicted octanol–water partition coefficient (Wildman–Crippen LogP) is 1.16. The van der Waals surface area contributed by atoms with E-state index in [0.29, 0.717) is 12.3 Å². The number of alkyl halides is 1. The molecule has 42 valence electrons. The molecule has 0 saturated heterocycles. The van der Waals surface area contributed by atoms with E-state index in [1.165, 1.54) is 0 Å². The standard InChI is InChI=1S/C5H9ClO/c1-2-3-5(7)4-6/h2,5,7H,1,3-4H2. The molecule has 0 amide bonds. The highest BCUT2D eigenvalue weighted by Crippen LogP contribution is 1.92. The molecule has 1 atom stereocenters. The molecule has 1 nitrogen and oxygen atoms in total. The van der Waals surface area contributed by atoms with Crippen LogP contribution in [0, 0.1) is 0 Å². The van der Waals surface area contributed by atoms with Crippen LogP contribution >= 0.6 is 11.6 Å². The maximum Gasteiger partial charge on any atom is 0.0709 e. The second-order valence-electron chi connectivity index (χ2n) is 1.33. The summed E-state index contributed by atoms with van der Waals surface area (Å²) >= 11 is 5.23. The van der Waals surface area contributed by atoms with Gasteiger partial charge in [-0.05, 0) is 6.42 Å².